The number of alkyl halides is 6. The molecule has 68 valence electrons. The number of rotatable bonds is 3. The first kappa shape index (κ1) is 10.9. The van der Waals surface area contributed by atoms with Crippen LogP contribution in [-0.4, -0.2) is 18.0 Å². The maximum atomic E-state index is 12.1. The van der Waals surface area contributed by atoms with E-state index in [0.29, 0.717) is 0 Å². The highest BCUT2D eigenvalue weighted by Gasteiger charge is 2.35. The average molecular weight is 197 g/mol. The van der Waals surface area contributed by atoms with E-state index < -0.39 is 30.8 Å². The van der Waals surface area contributed by atoms with Crippen molar-refractivity contribution in [2.75, 3.05) is 5.88 Å². The molecule has 0 nitrogen and oxygen atoms in total. The van der Waals surface area contributed by atoms with Crippen molar-refractivity contribution >= 4 is 11.6 Å². The summed E-state index contributed by atoms with van der Waals surface area (Å²) in [7, 11) is 0. The minimum atomic E-state index is -4.53. The summed E-state index contributed by atoms with van der Waals surface area (Å²) in [5.74, 6) is -4.47. The fourth-order valence-electron chi connectivity index (χ4n) is 0.391. The van der Waals surface area contributed by atoms with Gasteiger partial charge in [0.15, 0.2) is 0 Å². The number of halogens is 6. The Labute approximate surface area is 65.3 Å². The van der Waals surface area contributed by atoms with E-state index in [4.69, 9.17) is 11.6 Å². The highest BCUT2D eigenvalue weighted by molar-refractivity contribution is 6.18. The fourth-order valence-corrected chi connectivity index (χ4v) is 0.525. The summed E-state index contributed by atoms with van der Waals surface area (Å²) < 4.78 is 58.1. The van der Waals surface area contributed by atoms with Gasteiger partial charge in [-0.15, -0.1) is 11.6 Å². The summed E-state index contributed by atoms with van der Waals surface area (Å²) in [5.41, 5.74) is 0. The van der Waals surface area contributed by atoms with Gasteiger partial charge in [0.25, 0.3) is 5.92 Å². The van der Waals surface area contributed by atoms with Crippen LogP contribution in [0.4, 0.5) is 22.0 Å². The molecule has 0 unspecified atom stereocenters. The summed E-state index contributed by atoms with van der Waals surface area (Å²) in [6.07, 6.45) is -7.26. The van der Waals surface area contributed by atoms with Crippen LogP contribution >= 0.6 is 11.6 Å². The molecule has 0 N–H and O–H groups in total. The van der Waals surface area contributed by atoms with Crippen LogP contribution < -0.4 is 0 Å². The number of hydrogen-bond donors (Lipinski definition) is 0. The Morgan fingerprint density at radius 1 is 0.909 bits per heavy atom. The second kappa shape index (κ2) is 3.56. The highest BCUT2D eigenvalue weighted by Crippen LogP contribution is 2.29. The molecule has 0 aliphatic rings. The van der Waals surface area contributed by atoms with Crippen LogP contribution in [0.2, 0.25) is 0 Å². The van der Waals surface area contributed by atoms with Gasteiger partial charge in [0.1, 0.15) is 0 Å². The zero-order valence-corrected chi connectivity index (χ0v) is 6.15. The summed E-state index contributed by atoms with van der Waals surface area (Å²) in [6.45, 7) is 0. The van der Waals surface area contributed by atoms with E-state index in [1.54, 1.807) is 0 Å². The molecular weight excluding hydrogens is 190 g/mol. The maximum Gasteiger partial charge on any atom is 0.389 e. The molecule has 0 saturated carbocycles. The number of hydrogen-bond acceptors (Lipinski definition) is 0. The molecule has 0 aliphatic heterocycles. The SMILES string of the molecule is FC(F)(F)CCC(F)(F)CCl. The molecule has 0 atom stereocenters. The molecule has 0 aliphatic carbocycles. The van der Waals surface area contributed by atoms with Crippen LogP contribution in [0, 0.1) is 0 Å². The van der Waals surface area contributed by atoms with Crippen molar-refractivity contribution in [3.05, 3.63) is 0 Å². The van der Waals surface area contributed by atoms with Crippen LogP contribution in [0.1, 0.15) is 12.8 Å². The molecule has 0 heterocycles. The molecule has 6 heteroatoms. The first-order valence-corrected chi connectivity index (χ1v) is 3.31. The van der Waals surface area contributed by atoms with Gasteiger partial charge in [0, 0.05) is 12.8 Å². The highest BCUT2D eigenvalue weighted by atomic mass is 35.5. The van der Waals surface area contributed by atoms with Gasteiger partial charge in [-0.3, -0.25) is 0 Å². The first-order valence-electron chi connectivity index (χ1n) is 2.77. The third-order valence-corrected chi connectivity index (χ3v) is 1.36. The van der Waals surface area contributed by atoms with E-state index >= 15 is 0 Å². The standard InChI is InChI=1S/C5H6ClF5/c6-3-4(7,8)1-2-5(9,10)11/h1-3H2. The van der Waals surface area contributed by atoms with Gasteiger partial charge in [0.05, 0.1) is 5.88 Å². The lowest BCUT2D eigenvalue weighted by Gasteiger charge is -2.13. The molecule has 0 aromatic carbocycles. The molecular formula is C5H6ClF5. The summed E-state index contributed by atoms with van der Waals surface area (Å²) in [4.78, 5) is 0. The van der Waals surface area contributed by atoms with Crippen molar-refractivity contribution in [2.45, 2.75) is 24.9 Å². The minimum Gasteiger partial charge on any atom is -0.206 e. The second-order valence-corrected chi connectivity index (χ2v) is 2.37. The average Bonchev–Trinajstić information content (AvgIpc) is 1.83. The molecule has 0 aromatic rings. The summed E-state index contributed by atoms with van der Waals surface area (Å²) in [6, 6.07) is 0. The smallest absolute Gasteiger partial charge is 0.206 e. The van der Waals surface area contributed by atoms with Crippen molar-refractivity contribution < 1.29 is 22.0 Å². The molecule has 0 rings (SSSR count). The quantitative estimate of drug-likeness (QED) is 0.480. The summed E-state index contributed by atoms with van der Waals surface area (Å²) >= 11 is 4.70. The molecule has 0 saturated heterocycles. The Hall–Kier alpha value is -0.0600. The Kier molecular flexibility index (Phi) is 3.54. The second-order valence-electron chi connectivity index (χ2n) is 2.10. The Morgan fingerprint density at radius 2 is 1.36 bits per heavy atom. The zero-order chi connectivity index (χ0) is 9.12. The van der Waals surface area contributed by atoms with Crippen molar-refractivity contribution in [2.24, 2.45) is 0 Å². The Morgan fingerprint density at radius 3 is 1.64 bits per heavy atom. The normalized spacial score (nSPS) is 13.6. The van der Waals surface area contributed by atoms with Crippen molar-refractivity contribution in [1.29, 1.82) is 0 Å². The van der Waals surface area contributed by atoms with Crippen molar-refractivity contribution in [3.63, 3.8) is 0 Å². The monoisotopic (exact) mass is 196 g/mol. The molecule has 0 bridgehead atoms. The van der Waals surface area contributed by atoms with Crippen LogP contribution in [0.25, 0.3) is 0 Å². The van der Waals surface area contributed by atoms with Gasteiger partial charge in [-0.1, -0.05) is 0 Å². The third kappa shape index (κ3) is 6.34. The molecule has 0 radical (unpaired) electrons. The van der Waals surface area contributed by atoms with Crippen LogP contribution in [0.15, 0.2) is 0 Å². The van der Waals surface area contributed by atoms with Crippen LogP contribution in [0.5, 0.6) is 0 Å². The van der Waals surface area contributed by atoms with Gasteiger partial charge in [-0.2, -0.15) is 13.2 Å². The van der Waals surface area contributed by atoms with E-state index in [-0.39, 0.29) is 0 Å². The van der Waals surface area contributed by atoms with Crippen LogP contribution in [-0.2, 0) is 0 Å². The largest absolute Gasteiger partial charge is 0.389 e. The first-order chi connectivity index (χ1) is 4.77. The fraction of sp³-hybridized carbons (Fsp3) is 1.00. The van der Waals surface area contributed by atoms with Crippen molar-refractivity contribution in [3.8, 4) is 0 Å². The molecule has 0 spiro atoms. The van der Waals surface area contributed by atoms with Gasteiger partial charge in [0.2, 0.25) is 0 Å². The topological polar surface area (TPSA) is 0 Å². The van der Waals surface area contributed by atoms with Crippen molar-refractivity contribution in [1.82, 2.24) is 0 Å². The molecule has 0 fully saturated rings. The Balaban J connectivity index is 3.70. The predicted molar refractivity (Wildman–Crippen MR) is 31.0 cm³/mol. The van der Waals surface area contributed by atoms with E-state index in [2.05, 4.69) is 0 Å². The molecule has 0 aromatic heterocycles. The zero-order valence-electron chi connectivity index (χ0n) is 5.39. The van der Waals surface area contributed by atoms with Gasteiger partial charge in [-0.25, -0.2) is 8.78 Å². The maximum absolute atomic E-state index is 12.1. The van der Waals surface area contributed by atoms with Gasteiger partial charge in [-0.05, 0) is 0 Å². The lowest BCUT2D eigenvalue weighted by atomic mass is 10.2. The van der Waals surface area contributed by atoms with E-state index in [1.165, 1.54) is 0 Å². The lowest BCUT2D eigenvalue weighted by Crippen LogP contribution is -2.21. The Bertz CT molecular complexity index is 119. The van der Waals surface area contributed by atoms with E-state index in [9.17, 15) is 22.0 Å². The van der Waals surface area contributed by atoms with E-state index in [1.807, 2.05) is 0 Å². The van der Waals surface area contributed by atoms with E-state index in [0.717, 1.165) is 0 Å². The van der Waals surface area contributed by atoms with Gasteiger partial charge < -0.3 is 0 Å². The van der Waals surface area contributed by atoms with Gasteiger partial charge >= 0.3 is 6.18 Å². The third-order valence-electron chi connectivity index (χ3n) is 0.970. The van der Waals surface area contributed by atoms with Crippen LogP contribution in [0.3, 0.4) is 0 Å². The minimum absolute atomic E-state index is 1.07. The predicted octanol–water partition coefficient (Wildman–Crippen LogP) is 3.20. The summed E-state index contributed by atoms with van der Waals surface area (Å²) in [5, 5.41) is 0. The lowest BCUT2D eigenvalue weighted by molar-refractivity contribution is -0.148. The molecule has 11 heavy (non-hydrogen) atoms. The molecule has 0 amide bonds.